The highest BCUT2D eigenvalue weighted by Gasteiger charge is 2.13. The molecule has 0 fully saturated rings. The van der Waals surface area contributed by atoms with Crippen LogP contribution in [-0.2, 0) is 17.1 Å². The minimum absolute atomic E-state index is 0.0234. The first-order valence-electron chi connectivity index (χ1n) is 7.58. The number of nitrogens with one attached hydrogen (secondary N) is 2. The first-order valence-corrected chi connectivity index (χ1v) is 8.98. The van der Waals surface area contributed by atoms with Crippen LogP contribution in [0.25, 0.3) is 11.0 Å². The van der Waals surface area contributed by atoms with Gasteiger partial charge in [-0.25, -0.2) is 4.98 Å². The zero-order valence-electron chi connectivity index (χ0n) is 13.4. The summed E-state index contributed by atoms with van der Waals surface area (Å²) in [6.07, 6.45) is 2.04. The van der Waals surface area contributed by atoms with Crippen LogP contribution < -0.4 is 10.6 Å². The van der Waals surface area contributed by atoms with Crippen LogP contribution in [0.5, 0.6) is 0 Å². The molecule has 0 radical (unpaired) electrons. The average Bonchev–Trinajstić information content (AvgIpc) is 2.84. The maximum absolute atomic E-state index is 12.2. The molecule has 2 N–H and O–H groups in total. The van der Waals surface area contributed by atoms with Crippen molar-refractivity contribution in [3.8, 4) is 0 Å². The van der Waals surface area contributed by atoms with Gasteiger partial charge in [0.05, 0.1) is 16.8 Å². The van der Waals surface area contributed by atoms with Gasteiger partial charge in [0, 0.05) is 12.6 Å². The maximum atomic E-state index is 12.2. The Bertz CT molecular complexity index is 626. The van der Waals surface area contributed by atoms with E-state index in [0.717, 1.165) is 29.2 Å². The number of benzene rings is 1. The largest absolute Gasteiger partial charge is 0.353 e. The summed E-state index contributed by atoms with van der Waals surface area (Å²) in [4.78, 5) is 16.9. The Balaban J connectivity index is 2.09. The van der Waals surface area contributed by atoms with E-state index in [2.05, 4.69) is 29.5 Å². The minimum atomic E-state index is 0.0234. The lowest BCUT2D eigenvalue weighted by Crippen LogP contribution is -2.40. The van der Waals surface area contributed by atoms with Crippen LogP contribution in [0.2, 0.25) is 0 Å². The fraction of sp³-hybridized carbons (Fsp3) is 0.500. The first kappa shape index (κ1) is 16.8. The zero-order valence-corrected chi connectivity index (χ0v) is 14.2. The summed E-state index contributed by atoms with van der Waals surface area (Å²) in [6, 6.07) is 8.23. The summed E-state index contributed by atoms with van der Waals surface area (Å²) < 4.78 is 2.01. The topological polar surface area (TPSA) is 58.9 Å². The van der Waals surface area contributed by atoms with Gasteiger partial charge >= 0.3 is 0 Å². The maximum Gasteiger partial charge on any atom is 0.240 e. The second kappa shape index (κ2) is 8.19. The third kappa shape index (κ3) is 4.24. The van der Waals surface area contributed by atoms with E-state index < -0.39 is 0 Å². The predicted molar refractivity (Wildman–Crippen MR) is 93.1 cm³/mol. The van der Waals surface area contributed by atoms with Gasteiger partial charge in [-0.05, 0) is 31.9 Å². The molecule has 0 saturated heterocycles. The number of para-hydroxylation sites is 2. The molecule has 2 aromatic rings. The number of rotatable bonds is 8. The van der Waals surface area contributed by atoms with Gasteiger partial charge in [-0.2, -0.15) is 11.8 Å². The number of imidazole rings is 1. The number of carbonyl (C=O) groups is 1. The Morgan fingerprint density at radius 2 is 2.18 bits per heavy atom. The number of amides is 1. The summed E-state index contributed by atoms with van der Waals surface area (Å²) in [5.41, 5.74) is 1.96. The molecule has 0 saturated carbocycles. The first-order chi connectivity index (χ1) is 10.7. The van der Waals surface area contributed by atoms with E-state index in [4.69, 9.17) is 0 Å². The summed E-state index contributed by atoms with van der Waals surface area (Å²) in [5, 5.41) is 6.27. The molecule has 0 unspecified atom stereocenters. The van der Waals surface area contributed by atoms with Crippen LogP contribution in [0.1, 0.15) is 19.7 Å². The summed E-state index contributed by atoms with van der Waals surface area (Å²) in [7, 11) is 0. The molecule has 2 rings (SSSR count). The Kier molecular flexibility index (Phi) is 6.27. The number of nitrogens with zero attached hydrogens (tertiary/aromatic N) is 2. The molecule has 22 heavy (non-hydrogen) atoms. The molecule has 1 aromatic heterocycles. The Morgan fingerprint density at radius 1 is 1.41 bits per heavy atom. The van der Waals surface area contributed by atoms with Gasteiger partial charge in [0.15, 0.2) is 0 Å². The highest BCUT2D eigenvalue weighted by Crippen LogP contribution is 2.18. The predicted octanol–water partition coefficient (Wildman–Crippen LogP) is 2.01. The lowest BCUT2D eigenvalue weighted by Gasteiger charge is -2.14. The Morgan fingerprint density at radius 3 is 2.91 bits per heavy atom. The van der Waals surface area contributed by atoms with Crippen molar-refractivity contribution >= 4 is 28.7 Å². The van der Waals surface area contributed by atoms with Crippen molar-refractivity contribution in [2.24, 2.45) is 0 Å². The van der Waals surface area contributed by atoms with Crippen LogP contribution in [0.15, 0.2) is 24.3 Å². The lowest BCUT2D eigenvalue weighted by molar-refractivity contribution is -0.121. The molecule has 5 nitrogen and oxygen atoms in total. The summed E-state index contributed by atoms with van der Waals surface area (Å²) in [5.74, 6) is 1.77. The van der Waals surface area contributed by atoms with Crippen molar-refractivity contribution in [1.29, 1.82) is 0 Å². The molecule has 6 heteroatoms. The molecule has 1 heterocycles. The van der Waals surface area contributed by atoms with Crippen molar-refractivity contribution < 1.29 is 4.79 Å². The van der Waals surface area contributed by atoms with Crippen LogP contribution >= 0.6 is 11.8 Å². The molecule has 0 bridgehead atoms. The number of carbonyl (C=O) groups excluding carboxylic acids is 1. The summed E-state index contributed by atoms with van der Waals surface area (Å²) >= 11 is 1.71. The van der Waals surface area contributed by atoms with E-state index >= 15 is 0 Å². The third-order valence-electron chi connectivity index (χ3n) is 3.47. The van der Waals surface area contributed by atoms with Gasteiger partial charge < -0.3 is 15.2 Å². The standard InChI is InChI=1S/C16H24N4OS/c1-4-17-12(2)9-18-16(21)10-20-14-8-6-5-7-13(14)19-15(20)11-22-3/h5-8,12,17H,4,9-11H2,1-3H3,(H,18,21)/t12-/m1/s1. The molecular formula is C16H24N4OS. The zero-order chi connectivity index (χ0) is 15.9. The fourth-order valence-corrected chi connectivity index (χ4v) is 2.91. The minimum Gasteiger partial charge on any atom is -0.353 e. The second-order valence-electron chi connectivity index (χ2n) is 5.30. The molecule has 120 valence electrons. The van der Waals surface area contributed by atoms with Crippen molar-refractivity contribution in [1.82, 2.24) is 20.2 Å². The van der Waals surface area contributed by atoms with Crippen molar-refractivity contribution in [3.05, 3.63) is 30.1 Å². The van der Waals surface area contributed by atoms with Crippen LogP contribution in [-0.4, -0.2) is 40.8 Å². The molecular weight excluding hydrogens is 296 g/mol. The molecule has 0 aliphatic heterocycles. The van der Waals surface area contributed by atoms with Crippen molar-refractivity contribution in [3.63, 3.8) is 0 Å². The smallest absolute Gasteiger partial charge is 0.240 e. The van der Waals surface area contributed by atoms with Crippen LogP contribution in [0, 0.1) is 0 Å². The van der Waals surface area contributed by atoms with E-state index in [1.165, 1.54) is 0 Å². The number of fused-ring (bicyclic) bond motifs is 1. The monoisotopic (exact) mass is 320 g/mol. The SMILES string of the molecule is CCN[C@H](C)CNC(=O)Cn1c(CSC)nc2ccccc21. The fourth-order valence-electron chi connectivity index (χ4n) is 2.43. The number of hydrogen-bond acceptors (Lipinski definition) is 4. The van der Waals surface area contributed by atoms with Gasteiger partial charge in [-0.1, -0.05) is 19.1 Å². The van der Waals surface area contributed by atoms with Crippen LogP contribution in [0.4, 0.5) is 0 Å². The highest BCUT2D eigenvalue weighted by molar-refractivity contribution is 7.97. The molecule has 0 spiro atoms. The van der Waals surface area contributed by atoms with Gasteiger partial charge in [-0.3, -0.25) is 4.79 Å². The van der Waals surface area contributed by atoms with Gasteiger partial charge in [-0.15, -0.1) is 0 Å². The van der Waals surface area contributed by atoms with Crippen LogP contribution in [0.3, 0.4) is 0 Å². The van der Waals surface area contributed by atoms with E-state index in [1.807, 2.05) is 35.1 Å². The van der Waals surface area contributed by atoms with Gasteiger partial charge in [0.25, 0.3) is 0 Å². The highest BCUT2D eigenvalue weighted by atomic mass is 32.2. The van der Waals surface area contributed by atoms with E-state index in [9.17, 15) is 4.79 Å². The molecule has 1 atom stereocenters. The number of thioether (sulfide) groups is 1. The molecule has 0 aliphatic rings. The second-order valence-corrected chi connectivity index (χ2v) is 6.16. The Labute approximate surface area is 135 Å². The normalized spacial score (nSPS) is 12.5. The summed E-state index contributed by atoms with van der Waals surface area (Å²) in [6.45, 7) is 5.98. The van der Waals surface area contributed by atoms with Gasteiger partial charge in [0.1, 0.15) is 12.4 Å². The van der Waals surface area contributed by atoms with Crippen molar-refractivity contribution in [2.75, 3.05) is 19.3 Å². The molecule has 0 aliphatic carbocycles. The Hall–Kier alpha value is -1.53. The van der Waals surface area contributed by atoms with Crippen molar-refractivity contribution in [2.45, 2.75) is 32.2 Å². The quantitative estimate of drug-likeness (QED) is 0.781. The number of hydrogen-bond donors (Lipinski definition) is 2. The molecule has 1 aromatic carbocycles. The number of likely N-dealkylation sites (N-methyl/N-ethyl adjacent to an activating group) is 1. The van der Waals surface area contributed by atoms with Gasteiger partial charge in [0.2, 0.25) is 5.91 Å². The van der Waals surface area contributed by atoms with E-state index in [1.54, 1.807) is 11.8 Å². The third-order valence-corrected chi connectivity index (χ3v) is 4.01. The molecule has 1 amide bonds. The average molecular weight is 320 g/mol. The lowest BCUT2D eigenvalue weighted by atomic mass is 10.3. The van der Waals surface area contributed by atoms with E-state index in [0.29, 0.717) is 13.1 Å². The number of aromatic nitrogens is 2. The van der Waals surface area contributed by atoms with E-state index in [-0.39, 0.29) is 11.9 Å².